The van der Waals surface area contributed by atoms with Crippen molar-refractivity contribution in [2.45, 2.75) is 33.5 Å². The van der Waals surface area contributed by atoms with Crippen LogP contribution in [-0.4, -0.2) is 12.5 Å². The Morgan fingerprint density at radius 2 is 1.56 bits per heavy atom. The molecular formula is C13H21OPdSi-. The van der Waals surface area contributed by atoms with Crippen molar-refractivity contribution in [2.24, 2.45) is 0 Å². The molecule has 1 nitrogen and oxygen atoms in total. The Kier molecular flexibility index (Phi) is 8.05. The first-order valence-electron chi connectivity index (χ1n) is 5.38. The first kappa shape index (κ1) is 15.9. The Hall–Kier alpha value is -0.0708. The third kappa shape index (κ3) is 8.12. The van der Waals surface area contributed by atoms with Crippen LogP contribution >= 0.6 is 0 Å². The van der Waals surface area contributed by atoms with Crippen LogP contribution in [0.25, 0.3) is 0 Å². The maximum atomic E-state index is 5.81. The van der Waals surface area contributed by atoms with Crippen LogP contribution in [0.5, 0.6) is 0 Å². The topological polar surface area (TPSA) is 9.23 Å². The summed E-state index contributed by atoms with van der Waals surface area (Å²) in [6.07, 6.45) is 2.00. The average molecular weight is 328 g/mol. The van der Waals surface area contributed by atoms with Gasteiger partial charge in [0.05, 0.1) is 0 Å². The van der Waals surface area contributed by atoms with Gasteiger partial charge in [0.15, 0.2) is 0 Å². The second-order valence-electron chi connectivity index (χ2n) is 4.40. The predicted molar refractivity (Wildman–Crippen MR) is 70.6 cm³/mol. The van der Waals surface area contributed by atoms with Gasteiger partial charge in [-0.1, -0.05) is 0 Å². The molecule has 1 aromatic rings. The van der Waals surface area contributed by atoms with Crippen molar-refractivity contribution in [3.05, 3.63) is 42.3 Å². The van der Waals surface area contributed by atoms with Crippen LogP contribution < -0.4 is 0 Å². The molecule has 0 saturated heterocycles. The summed E-state index contributed by atoms with van der Waals surface area (Å²) >= 11 is 3.17. The molecule has 0 aliphatic carbocycles. The Labute approximate surface area is 111 Å². The van der Waals surface area contributed by atoms with Gasteiger partial charge in [-0.25, -0.2) is 0 Å². The van der Waals surface area contributed by atoms with Gasteiger partial charge in [0.1, 0.15) is 0 Å². The zero-order valence-corrected chi connectivity index (χ0v) is 13.2. The van der Waals surface area contributed by atoms with Gasteiger partial charge in [-0.15, -0.1) is 0 Å². The van der Waals surface area contributed by atoms with Crippen molar-refractivity contribution in [1.82, 2.24) is 0 Å². The van der Waals surface area contributed by atoms with Crippen molar-refractivity contribution >= 4 is 12.5 Å². The maximum absolute atomic E-state index is 5.81. The van der Waals surface area contributed by atoms with Crippen molar-refractivity contribution in [2.75, 3.05) is 0 Å². The molecule has 0 amide bonds. The summed E-state index contributed by atoms with van der Waals surface area (Å²) in [6, 6.07) is 10.1. The summed E-state index contributed by atoms with van der Waals surface area (Å²) in [5, 5.41) is 0. The van der Waals surface area contributed by atoms with Crippen LogP contribution in [0.1, 0.15) is 19.4 Å². The van der Waals surface area contributed by atoms with Crippen LogP contribution in [0.4, 0.5) is 0 Å². The monoisotopic (exact) mass is 327 g/mol. The van der Waals surface area contributed by atoms with Crippen LogP contribution in [0, 0.1) is 6.42 Å². The molecule has 3 heteroatoms. The fourth-order valence-corrected chi connectivity index (χ4v) is 3.17. The van der Waals surface area contributed by atoms with E-state index in [0.29, 0.717) is 0 Å². The van der Waals surface area contributed by atoms with Crippen LogP contribution in [0.2, 0.25) is 19.6 Å². The van der Waals surface area contributed by atoms with E-state index < -0.39 is 8.32 Å². The molecule has 0 atom stereocenters. The number of rotatable bonds is 3. The molecule has 0 aromatic heterocycles. The average Bonchev–Trinajstić information content (AvgIpc) is 2.18. The third-order valence-electron chi connectivity index (χ3n) is 1.37. The van der Waals surface area contributed by atoms with Crippen molar-refractivity contribution in [3.63, 3.8) is 0 Å². The van der Waals surface area contributed by atoms with Gasteiger partial charge in [-0.05, 0) is 0 Å². The molecule has 0 fully saturated rings. The Bertz CT molecular complexity index is 303. The van der Waals surface area contributed by atoms with Gasteiger partial charge in [-0.2, -0.15) is 13.8 Å². The molecule has 0 spiro atoms. The number of hydrogen-bond acceptors (Lipinski definition) is 1. The molecule has 1 rings (SSSR count). The van der Waals surface area contributed by atoms with Gasteiger partial charge >= 0.3 is 91.2 Å². The quantitative estimate of drug-likeness (QED) is 0.606. The fraction of sp³-hybridized carbons (Fsp3) is 0.385. The zero-order valence-electron chi connectivity index (χ0n) is 10.7. The molecule has 16 heavy (non-hydrogen) atoms. The van der Waals surface area contributed by atoms with Crippen molar-refractivity contribution < 1.29 is 23.2 Å². The van der Waals surface area contributed by atoms with Crippen LogP contribution in [-0.2, 0) is 23.2 Å². The molecule has 0 bridgehead atoms. The Balaban J connectivity index is 0.000000673. The van der Waals surface area contributed by atoms with E-state index in [0.717, 1.165) is 9.73 Å². The molecule has 0 N–H and O–H groups in total. The third-order valence-corrected chi connectivity index (χ3v) is 3.08. The van der Waals surface area contributed by atoms with Crippen molar-refractivity contribution in [1.29, 1.82) is 0 Å². The van der Waals surface area contributed by atoms with E-state index in [2.05, 4.69) is 38.4 Å². The molecule has 0 radical (unpaired) electrons. The molecular weight excluding hydrogens is 307 g/mol. The van der Waals surface area contributed by atoms with Gasteiger partial charge in [0.2, 0.25) is 0 Å². The first-order chi connectivity index (χ1) is 7.40. The summed E-state index contributed by atoms with van der Waals surface area (Å²) < 4.78 is 6.70. The van der Waals surface area contributed by atoms with Crippen LogP contribution in [0.15, 0.2) is 30.3 Å². The number of hydrogen-bond donors (Lipinski definition) is 0. The van der Waals surface area contributed by atoms with E-state index in [-0.39, 0.29) is 0 Å². The van der Waals surface area contributed by atoms with E-state index in [1.165, 1.54) is 0 Å². The molecule has 0 heterocycles. The molecule has 0 unspecified atom stereocenters. The molecule has 0 aliphatic rings. The van der Waals surface area contributed by atoms with E-state index in [1.807, 2.05) is 50.6 Å². The summed E-state index contributed by atoms with van der Waals surface area (Å²) in [5.74, 6) is 0. The second kappa shape index (κ2) is 8.08. The van der Waals surface area contributed by atoms with E-state index in [9.17, 15) is 0 Å². The molecule has 0 saturated carbocycles. The van der Waals surface area contributed by atoms with E-state index >= 15 is 0 Å². The van der Waals surface area contributed by atoms with Gasteiger partial charge in [-0.3, -0.25) is 0 Å². The number of benzene rings is 1. The Morgan fingerprint density at radius 1 is 1.12 bits per heavy atom. The van der Waals surface area contributed by atoms with Crippen LogP contribution in [0.3, 0.4) is 0 Å². The molecule has 0 aliphatic heterocycles. The van der Waals surface area contributed by atoms with Gasteiger partial charge in [0.25, 0.3) is 0 Å². The molecule has 1 aromatic carbocycles. The Morgan fingerprint density at radius 3 is 1.94 bits per heavy atom. The summed E-state index contributed by atoms with van der Waals surface area (Å²) in [6.45, 7) is 10.5. The van der Waals surface area contributed by atoms with Gasteiger partial charge in [0, 0.05) is 0 Å². The standard InChI is InChI=1S/C10H14OSi.C3H7.Pd/c1-12(2,3)11-9-10-7-5-4-6-8-10;1-3-2;/h4-8H,1-3H3;3H,1-2H3;/q;-1;. The predicted octanol–water partition coefficient (Wildman–Crippen LogP) is 3.79. The van der Waals surface area contributed by atoms with Gasteiger partial charge < -0.3 is 6.42 Å². The summed E-state index contributed by atoms with van der Waals surface area (Å²) in [4.78, 5) is 0. The minimum absolute atomic E-state index is 0.891. The zero-order chi connectivity index (χ0) is 12.6. The van der Waals surface area contributed by atoms with Crippen molar-refractivity contribution in [3.8, 4) is 0 Å². The first-order valence-corrected chi connectivity index (χ1v) is 9.57. The fourth-order valence-electron chi connectivity index (χ4n) is 0.868. The van der Waals surface area contributed by atoms with E-state index in [4.69, 9.17) is 4.43 Å². The SMILES string of the molecule is C[CH-]C.C[Si](C)(C)O[C](=[Pd])c1ccccc1. The summed E-state index contributed by atoms with van der Waals surface area (Å²) in [5.41, 5.74) is 1.12. The van der Waals surface area contributed by atoms with E-state index in [1.54, 1.807) is 0 Å². The minimum atomic E-state index is -1.48. The second-order valence-corrected chi connectivity index (χ2v) is 9.54. The molecule has 94 valence electrons. The normalized spacial score (nSPS) is 10.4. The summed E-state index contributed by atoms with van der Waals surface area (Å²) in [7, 11) is -1.48.